The highest BCUT2D eigenvalue weighted by Crippen LogP contribution is 2.27. The van der Waals surface area contributed by atoms with E-state index in [1.807, 2.05) is 0 Å². The van der Waals surface area contributed by atoms with E-state index in [9.17, 15) is 4.39 Å². The molecule has 0 spiro atoms. The molecular weight excluding hydrogens is 185 g/mol. The molecule has 72 valence electrons. The van der Waals surface area contributed by atoms with Gasteiger partial charge < -0.3 is 5.73 Å². The maximum absolute atomic E-state index is 12.6. The van der Waals surface area contributed by atoms with Crippen molar-refractivity contribution in [2.75, 3.05) is 12.3 Å². The van der Waals surface area contributed by atoms with Gasteiger partial charge in [0.1, 0.15) is 5.82 Å². The van der Waals surface area contributed by atoms with Crippen LogP contribution in [-0.2, 0) is 0 Å². The second kappa shape index (κ2) is 5.25. The monoisotopic (exact) mass is 199 g/mol. The van der Waals surface area contributed by atoms with Crippen LogP contribution in [0, 0.1) is 5.82 Å². The first-order chi connectivity index (χ1) is 6.27. The van der Waals surface area contributed by atoms with Crippen LogP contribution in [0.25, 0.3) is 0 Å². The second-order valence-electron chi connectivity index (χ2n) is 2.73. The topological polar surface area (TPSA) is 26.0 Å². The third-order valence-corrected chi connectivity index (χ3v) is 3.02. The van der Waals surface area contributed by atoms with Gasteiger partial charge in [-0.3, -0.25) is 0 Å². The average Bonchev–Trinajstić information content (AvgIpc) is 2.16. The van der Waals surface area contributed by atoms with Gasteiger partial charge in [-0.2, -0.15) is 11.8 Å². The third kappa shape index (κ3) is 3.01. The molecule has 0 saturated heterocycles. The molecule has 1 nitrogen and oxygen atoms in total. The van der Waals surface area contributed by atoms with Crippen LogP contribution in [0.4, 0.5) is 4.39 Å². The van der Waals surface area contributed by atoms with Crippen LogP contribution in [0.5, 0.6) is 0 Å². The average molecular weight is 199 g/mol. The fraction of sp³-hybridized carbons (Fsp3) is 0.400. The van der Waals surface area contributed by atoms with Gasteiger partial charge in [0.25, 0.3) is 0 Å². The normalized spacial score (nSPS) is 12.8. The van der Waals surface area contributed by atoms with E-state index in [0.29, 0.717) is 11.8 Å². The molecule has 2 N–H and O–H groups in total. The third-order valence-electron chi connectivity index (χ3n) is 1.82. The van der Waals surface area contributed by atoms with Gasteiger partial charge >= 0.3 is 0 Å². The summed E-state index contributed by atoms with van der Waals surface area (Å²) in [6.07, 6.45) is 0. The van der Waals surface area contributed by atoms with Crippen molar-refractivity contribution in [3.63, 3.8) is 0 Å². The highest BCUT2D eigenvalue weighted by Gasteiger charge is 2.08. The van der Waals surface area contributed by atoms with Crippen molar-refractivity contribution in [1.82, 2.24) is 0 Å². The van der Waals surface area contributed by atoms with Gasteiger partial charge in [-0.25, -0.2) is 4.39 Å². The van der Waals surface area contributed by atoms with Crippen LogP contribution >= 0.6 is 11.8 Å². The van der Waals surface area contributed by atoms with Crippen LogP contribution in [-0.4, -0.2) is 12.3 Å². The number of halogens is 1. The van der Waals surface area contributed by atoms with Gasteiger partial charge in [-0.15, -0.1) is 0 Å². The SMILES string of the molecule is CCSC(CN)c1ccc(F)cc1. The predicted octanol–water partition coefficient (Wildman–Crippen LogP) is 2.58. The lowest BCUT2D eigenvalue weighted by Crippen LogP contribution is -2.09. The summed E-state index contributed by atoms with van der Waals surface area (Å²) >= 11 is 1.79. The van der Waals surface area contributed by atoms with Crippen LogP contribution in [0.3, 0.4) is 0 Å². The molecule has 0 fully saturated rings. The van der Waals surface area contributed by atoms with E-state index in [-0.39, 0.29) is 5.82 Å². The minimum Gasteiger partial charge on any atom is -0.329 e. The Hall–Kier alpha value is -0.540. The van der Waals surface area contributed by atoms with Crippen molar-refractivity contribution < 1.29 is 4.39 Å². The zero-order valence-corrected chi connectivity index (χ0v) is 8.48. The van der Waals surface area contributed by atoms with Gasteiger partial charge in [0, 0.05) is 11.8 Å². The van der Waals surface area contributed by atoms with Crippen molar-refractivity contribution in [3.8, 4) is 0 Å². The van der Waals surface area contributed by atoms with E-state index in [0.717, 1.165) is 11.3 Å². The standard InChI is InChI=1S/C10H14FNS/c1-2-13-10(7-12)8-3-5-9(11)6-4-8/h3-6,10H,2,7,12H2,1H3. The molecule has 0 aromatic heterocycles. The summed E-state index contributed by atoms with van der Waals surface area (Å²) in [7, 11) is 0. The Balaban J connectivity index is 2.73. The van der Waals surface area contributed by atoms with E-state index in [1.165, 1.54) is 12.1 Å². The smallest absolute Gasteiger partial charge is 0.123 e. The molecule has 1 atom stereocenters. The fourth-order valence-electron chi connectivity index (χ4n) is 1.18. The fourth-order valence-corrected chi connectivity index (χ4v) is 2.07. The number of benzene rings is 1. The van der Waals surface area contributed by atoms with Crippen LogP contribution in [0.2, 0.25) is 0 Å². The summed E-state index contributed by atoms with van der Waals surface area (Å²) < 4.78 is 12.6. The molecule has 0 aliphatic heterocycles. The summed E-state index contributed by atoms with van der Waals surface area (Å²) in [5.74, 6) is 0.834. The first kappa shape index (κ1) is 10.5. The summed E-state index contributed by atoms with van der Waals surface area (Å²) in [5.41, 5.74) is 6.72. The lowest BCUT2D eigenvalue weighted by Gasteiger charge is -2.13. The number of rotatable bonds is 4. The van der Waals surface area contributed by atoms with E-state index < -0.39 is 0 Å². The first-order valence-corrected chi connectivity index (χ1v) is 5.40. The summed E-state index contributed by atoms with van der Waals surface area (Å²) in [5, 5.41) is 0.297. The van der Waals surface area contributed by atoms with Gasteiger partial charge in [0.2, 0.25) is 0 Å². The molecule has 0 saturated carbocycles. The maximum Gasteiger partial charge on any atom is 0.123 e. The molecule has 1 rings (SSSR count). The molecule has 0 aliphatic carbocycles. The highest BCUT2D eigenvalue weighted by molar-refractivity contribution is 7.99. The molecule has 0 radical (unpaired) electrons. The Bertz CT molecular complexity index is 248. The van der Waals surface area contributed by atoms with Crippen LogP contribution in [0.15, 0.2) is 24.3 Å². The first-order valence-electron chi connectivity index (χ1n) is 4.35. The van der Waals surface area contributed by atoms with Crippen molar-refractivity contribution in [1.29, 1.82) is 0 Å². The molecule has 0 heterocycles. The number of thioether (sulfide) groups is 1. The maximum atomic E-state index is 12.6. The van der Waals surface area contributed by atoms with Crippen molar-refractivity contribution in [3.05, 3.63) is 35.6 Å². The minimum atomic E-state index is -0.194. The van der Waals surface area contributed by atoms with Gasteiger partial charge in [0.15, 0.2) is 0 Å². The summed E-state index contributed by atoms with van der Waals surface area (Å²) in [4.78, 5) is 0. The second-order valence-corrected chi connectivity index (χ2v) is 4.21. The highest BCUT2D eigenvalue weighted by atomic mass is 32.2. The van der Waals surface area contributed by atoms with Crippen molar-refractivity contribution in [2.45, 2.75) is 12.2 Å². The molecule has 13 heavy (non-hydrogen) atoms. The lowest BCUT2D eigenvalue weighted by molar-refractivity contribution is 0.627. The molecule has 0 aliphatic rings. The Kier molecular flexibility index (Phi) is 4.25. The van der Waals surface area contributed by atoms with E-state index in [2.05, 4.69) is 6.92 Å². The quantitative estimate of drug-likeness (QED) is 0.806. The molecule has 3 heteroatoms. The molecule has 0 amide bonds. The lowest BCUT2D eigenvalue weighted by atomic mass is 10.1. The van der Waals surface area contributed by atoms with Gasteiger partial charge in [0.05, 0.1) is 0 Å². The predicted molar refractivity (Wildman–Crippen MR) is 56.3 cm³/mol. The van der Waals surface area contributed by atoms with Crippen LogP contribution in [0.1, 0.15) is 17.7 Å². The van der Waals surface area contributed by atoms with E-state index in [1.54, 1.807) is 23.9 Å². The van der Waals surface area contributed by atoms with Gasteiger partial charge in [-0.05, 0) is 23.4 Å². The van der Waals surface area contributed by atoms with Crippen LogP contribution < -0.4 is 5.73 Å². The Morgan fingerprint density at radius 3 is 2.46 bits per heavy atom. The van der Waals surface area contributed by atoms with E-state index in [4.69, 9.17) is 5.73 Å². The number of hydrogen-bond acceptors (Lipinski definition) is 2. The Morgan fingerprint density at radius 1 is 1.38 bits per heavy atom. The Labute approximate surface area is 82.5 Å². The van der Waals surface area contributed by atoms with E-state index >= 15 is 0 Å². The van der Waals surface area contributed by atoms with Gasteiger partial charge in [-0.1, -0.05) is 19.1 Å². The summed E-state index contributed by atoms with van der Waals surface area (Å²) in [6.45, 7) is 2.70. The number of hydrogen-bond donors (Lipinski definition) is 1. The number of nitrogens with two attached hydrogens (primary N) is 1. The summed E-state index contributed by atoms with van der Waals surface area (Å²) in [6, 6.07) is 6.56. The minimum absolute atomic E-state index is 0.194. The zero-order valence-electron chi connectivity index (χ0n) is 7.66. The zero-order chi connectivity index (χ0) is 9.68. The molecular formula is C10H14FNS. The molecule has 1 unspecified atom stereocenters. The molecule has 0 bridgehead atoms. The van der Waals surface area contributed by atoms with Crippen molar-refractivity contribution in [2.24, 2.45) is 5.73 Å². The Morgan fingerprint density at radius 2 is 2.00 bits per heavy atom. The van der Waals surface area contributed by atoms with Crippen molar-refractivity contribution >= 4 is 11.8 Å². The largest absolute Gasteiger partial charge is 0.329 e. The molecule has 1 aromatic carbocycles. The molecule has 1 aromatic rings.